The van der Waals surface area contributed by atoms with Gasteiger partial charge in [0.15, 0.2) is 0 Å². The molecule has 31 heavy (non-hydrogen) atoms. The SMILES string of the molecule is [B]Cc1c(C[B])c(C[B])c(C(=O)OC(CS(=O)(=O)O)C(F)(F)F)c(C(=O)OC)c1C[B]. The highest BCUT2D eigenvalue weighted by molar-refractivity contribution is 7.85. The molecule has 0 aliphatic rings. The van der Waals surface area contributed by atoms with E-state index < -0.39 is 57.5 Å². The third kappa shape index (κ3) is 6.31. The number of benzene rings is 1. The Bertz CT molecular complexity index is 952. The quantitative estimate of drug-likeness (QED) is 0.323. The fourth-order valence-electron chi connectivity index (χ4n) is 3.04. The van der Waals surface area contributed by atoms with Crippen molar-refractivity contribution in [3.63, 3.8) is 0 Å². The fourth-order valence-corrected chi connectivity index (χ4v) is 3.68. The van der Waals surface area contributed by atoms with Crippen molar-refractivity contribution in [1.29, 1.82) is 0 Å². The predicted octanol–water partition coefficient (Wildman–Crippen LogP) is 0.123. The minimum atomic E-state index is -5.36. The molecule has 8 radical (unpaired) electrons. The van der Waals surface area contributed by atoms with E-state index in [1.807, 2.05) is 0 Å². The molecule has 15 heteroatoms. The molecule has 0 aliphatic carbocycles. The Kier molecular flexibility index (Phi) is 9.31. The summed E-state index contributed by atoms with van der Waals surface area (Å²) in [6.45, 7) is 0. The second kappa shape index (κ2) is 10.6. The first kappa shape index (κ1) is 27.2. The van der Waals surface area contributed by atoms with Crippen molar-refractivity contribution in [2.45, 2.75) is 37.6 Å². The number of rotatable bonds is 9. The van der Waals surface area contributed by atoms with Gasteiger partial charge in [0.1, 0.15) is 5.75 Å². The van der Waals surface area contributed by atoms with E-state index in [9.17, 15) is 31.2 Å². The molecule has 160 valence electrons. The normalized spacial score (nSPS) is 12.9. The molecular weight excluding hydrogens is 436 g/mol. The van der Waals surface area contributed by atoms with Crippen LogP contribution in [0.2, 0.25) is 0 Å². The molecule has 0 saturated carbocycles. The van der Waals surface area contributed by atoms with Crippen LogP contribution in [0.1, 0.15) is 43.0 Å². The molecule has 0 amide bonds. The molecular formula is C16H15B4F3O7S. The van der Waals surface area contributed by atoms with Crippen molar-refractivity contribution in [3.05, 3.63) is 33.4 Å². The first-order valence-electron chi connectivity index (χ1n) is 8.58. The lowest BCUT2D eigenvalue weighted by atomic mass is 9.72. The highest BCUT2D eigenvalue weighted by atomic mass is 32.2. The third-order valence-corrected chi connectivity index (χ3v) is 5.06. The van der Waals surface area contributed by atoms with Crippen LogP contribution in [0.3, 0.4) is 0 Å². The van der Waals surface area contributed by atoms with Crippen molar-refractivity contribution in [2.75, 3.05) is 12.9 Å². The first-order chi connectivity index (χ1) is 14.3. The van der Waals surface area contributed by atoms with Crippen LogP contribution >= 0.6 is 0 Å². The molecule has 1 N–H and O–H groups in total. The van der Waals surface area contributed by atoms with Crippen molar-refractivity contribution < 1.29 is 45.2 Å². The molecule has 1 unspecified atom stereocenters. The zero-order valence-electron chi connectivity index (χ0n) is 16.4. The Morgan fingerprint density at radius 1 is 0.903 bits per heavy atom. The molecule has 0 spiro atoms. The number of esters is 2. The van der Waals surface area contributed by atoms with Gasteiger partial charge in [-0.15, -0.1) is 0 Å². The lowest BCUT2D eigenvalue weighted by Crippen LogP contribution is -2.40. The average molecular weight is 452 g/mol. The molecule has 0 aromatic heterocycles. The van der Waals surface area contributed by atoms with Crippen LogP contribution < -0.4 is 0 Å². The fraction of sp³-hybridized carbons (Fsp3) is 0.500. The number of carbonyl (C=O) groups excluding carboxylic acids is 2. The zero-order chi connectivity index (χ0) is 24.1. The van der Waals surface area contributed by atoms with Gasteiger partial charge in [-0.1, -0.05) is 36.4 Å². The van der Waals surface area contributed by atoms with E-state index in [1.165, 1.54) is 0 Å². The van der Waals surface area contributed by atoms with E-state index in [2.05, 4.69) is 9.47 Å². The number of ether oxygens (including phenoxy) is 2. The standard InChI is InChI=1S/C16H15B4F3O7S/c1-29-14(24)12-9(4-19)7(2-17)8(3-18)10(5-20)13(12)15(25)30-11(16(21,22)23)6-31(26,27)28/h11H,2-6H2,1H3,(H,26,27,28). The van der Waals surface area contributed by atoms with Gasteiger partial charge >= 0.3 is 18.1 Å². The predicted molar refractivity (Wildman–Crippen MR) is 107 cm³/mol. The van der Waals surface area contributed by atoms with Crippen LogP contribution in [0.4, 0.5) is 13.2 Å². The lowest BCUT2D eigenvalue weighted by Gasteiger charge is -2.26. The summed E-state index contributed by atoms with van der Waals surface area (Å²) in [7, 11) is 18.5. The number of halogens is 3. The Hall–Kier alpha value is -1.88. The van der Waals surface area contributed by atoms with E-state index in [0.717, 1.165) is 7.11 Å². The minimum absolute atomic E-state index is 0.0164. The minimum Gasteiger partial charge on any atom is -0.465 e. The maximum absolute atomic E-state index is 13.2. The van der Waals surface area contributed by atoms with Gasteiger partial charge in [0.25, 0.3) is 10.1 Å². The van der Waals surface area contributed by atoms with Crippen LogP contribution in [0, 0.1) is 0 Å². The Balaban J connectivity index is 3.86. The summed E-state index contributed by atoms with van der Waals surface area (Å²) in [5, 5.41) is 0. The summed E-state index contributed by atoms with van der Waals surface area (Å²) in [5.74, 6) is -4.83. The van der Waals surface area contributed by atoms with E-state index in [4.69, 9.17) is 35.9 Å². The number of hydrogen-bond donors (Lipinski definition) is 1. The van der Waals surface area contributed by atoms with Gasteiger partial charge in [0.2, 0.25) is 6.10 Å². The van der Waals surface area contributed by atoms with Crippen LogP contribution in [0.5, 0.6) is 0 Å². The van der Waals surface area contributed by atoms with E-state index in [1.54, 1.807) is 0 Å². The van der Waals surface area contributed by atoms with Gasteiger partial charge in [-0.2, -0.15) is 21.6 Å². The molecule has 1 aromatic carbocycles. The summed E-state index contributed by atoms with van der Waals surface area (Å²) in [4.78, 5) is 25.2. The second-order valence-electron chi connectivity index (χ2n) is 6.16. The van der Waals surface area contributed by atoms with Gasteiger partial charge in [-0.3, -0.25) is 4.55 Å². The summed E-state index contributed by atoms with van der Waals surface area (Å²) in [6.07, 6.45) is -9.88. The maximum Gasteiger partial charge on any atom is 0.426 e. The van der Waals surface area contributed by atoms with Crippen LogP contribution in [0.25, 0.3) is 0 Å². The largest absolute Gasteiger partial charge is 0.465 e. The molecule has 0 saturated heterocycles. The van der Waals surface area contributed by atoms with Gasteiger partial charge < -0.3 is 9.47 Å². The third-order valence-electron chi connectivity index (χ3n) is 4.33. The molecule has 0 heterocycles. The monoisotopic (exact) mass is 452 g/mol. The van der Waals surface area contributed by atoms with E-state index in [0.29, 0.717) is 0 Å². The van der Waals surface area contributed by atoms with Gasteiger partial charge in [-0.25, -0.2) is 9.59 Å². The number of hydrogen-bond acceptors (Lipinski definition) is 6. The number of alkyl halides is 3. The van der Waals surface area contributed by atoms with Crippen LogP contribution in [-0.2, 0) is 44.9 Å². The zero-order valence-corrected chi connectivity index (χ0v) is 17.2. The Labute approximate surface area is 182 Å². The van der Waals surface area contributed by atoms with Gasteiger partial charge in [0, 0.05) is 0 Å². The maximum atomic E-state index is 13.2. The second-order valence-corrected chi connectivity index (χ2v) is 7.65. The molecule has 1 atom stereocenters. The summed E-state index contributed by atoms with van der Waals surface area (Å²) in [5.41, 5.74) is -0.968. The average Bonchev–Trinajstić information content (AvgIpc) is 2.68. The molecule has 0 aliphatic heterocycles. The van der Waals surface area contributed by atoms with E-state index >= 15 is 0 Å². The van der Waals surface area contributed by atoms with Gasteiger partial charge in [-0.05, 0) is 11.1 Å². The summed E-state index contributed by atoms with van der Waals surface area (Å²) >= 11 is 0. The molecule has 0 fully saturated rings. The van der Waals surface area contributed by atoms with Crippen LogP contribution in [0.15, 0.2) is 0 Å². The topological polar surface area (TPSA) is 107 Å². The molecule has 7 nitrogen and oxygen atoms in total. The van der Waals surface area contributed by atoms with Crippen LogP contribution in [-0.4, -0.2) is 81.4 Å². The Morgan fingerprint density at radius 3 is 1.58 bits per heavy atom. The molecule has 1 aromatic rings. The number of methoxy groups -OCH3 is 1. The van der Waals surface area contributed by atoms with Crippen molar-refractivity contribution in [2.24, 2.45) is 0 Å². The molecule has 0 bridgehead atoms. The Morgan fingerprint density at radius 2 is 1.29 bits per heavy atom. The van der Waals surface area contributed by atoms with Gasteiger partial charge in [0.05, 0.1) is 49.6 Å². The number of carbonyl (C=O) groups is 2. The summed E-state index contributed by atoms with van der Waals surface area (Å²) in [6, 6.07) is 0. The van der Waals surface area contributed by atoms with E-state index in [-0.39, 0.29) is 41.2 Å². The van der Waals surface area contributed by atoms with Crippen molar-refractivity contribution >= 4 is 53.4 Å². The highest BCUT2D eigenvalue weighted by Crippen LogP contribution is 2.32. The van der Waals surface area contributed by atoms with Crippen molar-refractivity contribution in [3.8, 4) is 0 Å². The highest BCUT2D eigenvalue weighted by Gasteiger charge is 2.46. The molecule has 1 rings (SSSR count). The lowest BCUT2D eigenvalue weighted by molar-refractivity contribution is -0.197. The van der Waals surface area contributed by atoms with Crippen molar-refractivity contribution in [1.82, 2.24) is 0 Å². The summed E-state index contributed by atoms with van der Waals surface area (Å²) < 4.78 is 79.3. The smallest absolute Gasteiger partial charge is 0.426 e. The first-order valence-corrected chi connectivity index (χ1v) is 10.2.